The molecule has 78 valence electrons. The second-order valence-corrected chi connectivity index (χ2v) is 3.25. The Morgan fingerprint density at radius 1 is 1.47 bits per heavy atom. The Bertz CT molecular complexity index is 404. The van der Waals surface area contributed by atoms with Crippen LogP contribution < -0.4 is 5.32 Å². The van der Waals surface area contributed by atoms with Crippen molar-refractivity contribution in [3.63, 3.8) is 0 Å². The zero-order valence-corrected chi connectivity index (χ0v) is 8.19. The molecule has 4 nitrogen and oxygen atoms in total. The Labute approximate surface area is 87.3 Å². The van der Waals surface area contributed by atoms with Crippen LogP contribution in [0.2, 0.25) is 0 Å². The van der Waals surface area contributed by atoms with Gasteiger partial charge in [-0.05, 0) is 23.8 Å². The van der Waals surface area contributed by atoms with Crippen LogP contribution in [-0.4, -0.2) is 10.9 Å². The van der Waals surface area contributed by atoms with Gasteiger partial charge in [-0.25, -0.2) is 0 Å². The molecule has 0 aliphatic carbocycles. The number of rotatable bonds is 4. The molecule has 0 aromatic carbocycles. The largest absolute Gasteiger partial charge is 0.467 e. The maximum Gasteiger partial charge on any atom is 0.224 e. The van der Waals surface area contributed by atoms with Gasteiger partial charge in [0.1, 0.15) is 5.76 Å². The first-order valence-corrected chi connectivity index (χ1v) is 4.75. The van der Waals surface area contributed by atoms with Crippen LogP contribution in [0.3, 0.4) is 0 Å². The third-order valence-electron chi connectivity index (χ3n) is 2.07. The molecule has 0 unspecified atom stereocenters. The van der Waals surface area contributed by atoms with Gasteiger partial charge in [-0.3, -0.25) is 4.79 Å². The summed E-state index contributed by atoms with van der Waals surface area (Å²) in [5, 5.41) is 2.78. The van der Waals surface area contributed by atoms with E-state index in [1.165, 1.54) is 0 Å². The maximum atomic E-state index is 11.4. The number of amides is 1. The molecule has 4 heteroatoms. The van der Waals surface area contributed by atoms with Gasteiger partial charge in [-0.1, -0.05) is 0 Å². The number of furan rings is 1. The van der Waals surface area contributed by atoms with Crippen LogP contribution in [-0.2, 0) is 17.8 Å². The fourth-order valence-corrected chi connectivity index (χ4v) is 1.32. The molecule has 0 atom stereocenters. The quantitative estimate of drug-likeness (QED) is 0.792. The van der Waals surface area contributed by atoms with E-state index in [0.717, 1.165) is 11.3 Å². The minimum absolute atomic E-state index is 0.00833. The van der Waals surface area contributed by atoms with Gasteiger partial charge >= 0.3 is 0 Å². The average Bonchev–Trinajstić information content (AvgIpc) is 2.86. The molecule has 0 bridgehead atoms. The van der Waals surface area contributed by atoms with Gasteiger partial charge in [-0.2, -0.15) is 0 Å². The fraction of sp³-hybridized carbons (Fsp3) is 0.182. The summed E-state index contributed by atoms with van der Waals surface area (Å²) in [6.07, 6.45) is 5.60. The smallest absolute Gasteiger partial charge is 0.224 e. The molecule has 0 aliphatic rings. The summed E-state index contributed by atoms with van der Waals surface area (Å²) in [5.74, 6) is 0.753. The lowest BCUT2D eigenvalue weighted by Gasteiger charge is -2.01. The number of nitrogens with one attached hydrogen (secondary N) is 2. The number of aromatic nitrogens is 1. The molecule has 2 aromatic heterocycles. The highest BCUT2D eigenvalue weighted by Crippen LogP contribution is 2.00. The van der Waals surface area contributed by atoms with Gasteiger partial charge in [0.05, 0.1) is 19.2 Å². The number of H-pyrrole nitrogens is 1. The summed E-state index contributed by atoms with van der Waals surface area (Å²) < 4.78 is 5.10. The standard InChI is InChI=1S/C11H12N2O2/c14-11(6-9-3-4-12-7-9)13-8-10-2-1-5-15-10/h1-5,7,12H,6,8H2,(H,13,14). The molecule has 0 saturated heterocycles. The lowest BCUT2D eigenvalue weighted by molar-refractivity contribution is -0.120. The molecule has 2 N–H and O–H groups in total. The van der Waals surface area contributed by atoms with Crippen LogP contribution in [0.1, 0.15) is 11.3 Å². The van der Waals surface area contributed by atoms with E-state index >= 15 is 0 Å². The van der Waals surface area contributed by atoms with Crippen molar-refractivity contribution in [3.8, 4) is 0 Å². The van der Waals surface area contributed by atoms with Crippen LogP contribution in [0, 0.1) is 0 Å². The number of aromatic amines is 1. The predicted molar refractivity (Wildman–Crippen MR) is 55.1 cm³/mol. The van der Waals surface area contributed by atoms with Gasteiger partial charge < -0.3 is 14.7 Å². The second kappa shape index (κ2) is 4.50. The molecular formula is C11H12N2O2. The van der Waals surface area contributed by atoms with Crippen molar-refractivity contribution in [2.45, 2.75) is 13.0 Å². The summed E-state index contributed by atoms with van der Waals surface area (Å²) in [6, 6.07) is 5.51. The first-order valence-electron chi connectivity index (χ1n) is 4.75. The minimum atomic E-state index is -0.00833. The van der Waals surface area contributed by atoms with E-state index in [9.17, 15) is 4.79 Å². The maximum absolute atomic E-state index is 11.4. The third kappa shape index (κ3) is 2.74. The number of hydrogen-bond acceptors (Lipinski definition) is 2. The molecule has 0 fully saturated rings. The Kier molecular flexibility index (Phi) is 2.88. The van der Waals surface area contributed by atoms with Gasteiger partial charge in [-0.15, -0.1) is 0 Å². The number of hydrogen-bond donors (Lipinski definition) is 2. The Morgan fingerprint density at radius 3 is 3.07 bits per heavy atom. The van der Waals surface area contributed by atoms with Crippen LogP contribution in [0.4, 0.5) is 0 Å². The predicted octanol–water partition coefficient (Wildman–Crippen LogP) is 1.47. The van der Waals surface area contributed by atoms with Gasteiger partial charge in [0.15, 0.2) is 0 Å². The monoisotopic (exact) mass is 204 g/mol. The van der Waals surface area contributed by atoms with Crippen molar-refractivity contribution in [2.24, 2.45) is 0 Å². The van der Waals surface area contributed by atoms with Crippen molar-refractivity contribution in [3.05, 3.63) is 48.2 Å². The zero-order valence-electron chi connectivity index (χ0n) is 8.19. The Hall–Kier alpha value is -1.97. The second-order valence-electron chi connectivity index (χ2n) is 3.25. The number of carbonyl (C=O) groups is 1. The summed E-state index contributed by atoms with van der Waals surface area (Å²) in [4.78, 5) is 14.3. The highest BCUT2D eigenvalue weighted by Gasteiger charge is 2.03. The first kappa shape index (κ1) is 9.58. The topological polar surface area (TPSA) is 58.0 Å². The van der Waals surface area contributed by atoms with E-state index in [-0.39, 0.29) is 5.91 Å². The van der Waals surface area contributed by atoms with E-state index in [1.807, 2.05) is 18.3 Å². The molecule has 0 aliphatic heterocycles. The van der Waals surface area contributed by atoms with E-state index in [1.54, 1.807) is 18.5 Å². The zero-order chi connectivity index (χ0) is 10.5. The first-order chi connectivity index (χ1) is 7.34. The molecule has 0 saturated carbocycles. The Morgan fingerprint density at radius 2 is 2.40 bits per heavy atom. The van der Waals surface area contributed by atoms with Crippen LogP contribution >= 0.6 is 0 Å². The summed E-state index contributed by atoms with van der Waals surface area (Å²) in [7, 11) is 0. The third-order valence-corrected chi connectivity index (χ3v) is 2.07. The average molecular weight is 204 g/mol. The van der Waals surface area contributed by atoms with E-state index in [4.69, 9.17) is 4.42 Å². The van der Waals surface area contributed by atoms with Gasteiger partial charge in [0.25, 0.3) is 0 Å². The van der Waals surface area contributed by atoms with Crippen molar-refractivity contribution in [1.82, 2.24) is 10.3 Å². The minimum Gasteiger partial charge on any atom is -0.467 e. The summed E-state index contributed by atoms with van der Waals surface area (Å²) in [5.41, 5.74) is 0.979. The van der Waals surface area contributed by atoms with Crippen molar-refractivity contribution < 1.29 is 9.21 Å². The molecule has 0 radical (unpaired) electrons. The summed E-state index contributed by atoms with van der Waals surface area (Å²) >= 11 is 0. The van der Waals surface area contributed by atoms with Gasteiger partial charge in [0, 0.05) is 12.4 Å². The van der Waals surface area contributed by atoms with Crippen LogP contribution in [0.5, 0.6) is 0 Å². The van der Waals surface area contributed by atoms with Crippen LogP contribution in [0.15, 0.2) is 41.3 Å². The van der Waals surface area contributed by atoms with Gasteiger partial charge in [0.2, 0.25) is 5.91 Å². The molecule has 2 aromatic rings. The summed E-state index contributed by atoms with van der Waals surface area (Å²) in [6.45, 7) is 0.441. The van der Waals surface area contributed by atoms with Crippen molar-refractivity contribution >= 4 is 5.91 Å². The lowest BCUT2D eigenvalue weighted by Crippen LogP contribution is -2.24. The SMILES string of the molecule is O=C(Cc1cc[nH]c1)NCc1ccco1. The van der Waals surface area contributed by atoms with Crippen LogP contribution in [0.25, 0.3) is 0 Å². The lowest BCUT2D eigenvalue weighted by atomic mass is 10.2. The van der Waals surface area contributed by atoms with Crippen molar-refractivity contribution in [1.29, 1.82) is 0 Å². The molecule has 0 spiro atoms. The number of carbonyl (C=O) groups excluding carboxylic acids is 1. The molecule has 15 heavy (non-hydrogen) atoms. The highest BCUT2D eigenvalue weighted by atomic mass is 16.3. The Balaban J connectivity index is 1.78. The normalized spacial score (nSPS) is 10.1. The highest BCUT2D eigenvalue weighted by molar-refractivity contribution is 5.78. The van der Waals surface area contributed by atoms with E-state index in [2.05, 4.69) is 10.3 Å². The molecule has 1 amide bonds. The molecule has 2 heterocycles. The van der Waals surface area contributed by atoms with E-state index < -0.39 is 0 Å². The fourth-order valence-electron chi connectivity index (χ4n) is 1.32. The van der Waals surface area contributed by atoms with Crippen molar-refractivity contribution in [2.75, 3.05) is 0 Å². The molecular weight excluding hydrogens is 192 g/mol. The molecule has 2 rings (SSSR count). The van der Waals surface area contributed by atoms with E-state index in [0.29, 0.717) is 13.0 Å².